The van der Waals surface area contributed by atoms with E-state index in [1.807, 2.05) is 0 Å². The quantitative estimate of drug-likeness (QED) is 0.906. The first-order valence-electron chi connectivity index (χ1n) is 4.97. The molecule has 1 N–H and O–H groups in total. The van der Waals surface area contributed by atoms with Crippen LogP contribution in [0.1, 0.15) is 0 Å². The van der Waals surface area contributed by atoms with E-state index in [1.165, 1.54) is 30.6 Å². The predicted molar refractivity (Wildman–Crippen MR) is 74.2 cm³/mol. The standard InChI is InChI=1S/C11H7BrClFN2O2S/c12-7-3-9(6-15-5-7)19(17,18)16-8-1-2-11(14)10(13)4-8/h1-6,16H. The highest BCUT2D eigenvalue weighted by Gasteiger charge is 2.15. The number of rotatable bonds is 3. The number of hydrogen-bond acceptors (Lipinski definition) is 3. The van der Waals surface area contributed by atoms with E-state index in [4.69, 9.17) is 11.6 Å². The zero-order valence-corrected chi connectivity index (χ0v) is 12.4. The van der Waals surface area contributed by atoms with Gasteiger partial charge in [0.15, 0.2) is 0 Å². The number of sulfonamides is 1. The second kappa shape index (κ2) is 5.44. The molecule has 4 nitrogen and oxygen atoms in total. The van der Waals surface area contributed by atoms with E-state index in [0.717, 1.165) is 6.07 Å². The fraction of sp³-hybridized carbons (Fsp3) is 0. The van der Waals surface area contributed by atoms with Crippen LogP contribution in [0, 0.1) is 5.82 Å². The molecule has 0 fully saturated rings. The normalized spacial score (nSPS) is 11.3. The summed E-state index contributed by atoms with van der Waals surface area (Å²) in [5.74, 6) is -0.617. The third-order valence-electron chi connectivity index (χ3n) is 2.16. The minimum absolute atomic E-state index is 0.0117. The lowest BCUT2D eigenvalue weighted by Crippen LogP contribution is -2.13. The molecule has 0 aliphatic carbocycles. The Morgan fingerprint density at radius 3 is 2.63 bits per heavy atom. The molecule has 19 heavy (non-hydrogen) atoms. The molecule has 0 bridgehead atoms. The van der Waals surface area contributed by atoms with Gasteiger partial charge in [-0.25, -0.2) is 12.8 Å². The van der Waals surface area contributed by atoms with Crippen LogP contribution in [0.5, 0.6) is 0 Å². The highest BCUT2D eigenvalue weighted by molar-refractivity contribution is 9.10. The molecule has 0 aliphatic rings. The van der Waals surface area contributed by atoms with Crippen molar-refractivity contribution < 1.29 is 12.8 Å². The Morgan fingerprint density at radius 1 is 1.26 bits per heavy atom. The molecule has 0 radical (unpaired) electrons. The highest BCUT2D eigenvalue weighted by Crippen LogP contribution is 2.22. The first-order valence-corrected chi connectivity index (χ1v) is 7.62. The lowest BCUT2D eigenvalue weighted by atomic mass is 10.3. The summed E-state index contributed by atoms with van der Waals surface area (Å²) in [7, 11) is -3.79. The predicted octanol–water partition coefficient (Wildman–Crippen LogP) is 3.44. The number of aromatic nitrogens is 1. The third-order valence-corrected chi connectivity index (χ3v) is 4.23. The van der Waals surface area contributed by atoms with Gasteiger partial charge in [0.25, 0.3) is 10.0 Å². The van der Waals surface area contributed by atoms with Crippen LogP contribution in [0.2, 0.25) is 5.02 Å². The van der Waals surface area contributed by atoms with Gasteiger partial charge < -0.3 is 0 Å². The summed E-state index contributed by atoms with van der Waals surface area (Å²) in [6.07, 6.45) is 2.67. The molecule has 0 saturated carbocycles. The van der Waals surface area contributed by atoms with Crippen LogP contribution in [0.15, 0.2) is 46.0 Å². The van der Waals surface area contributed by atoms with Gasteiger partial charge in [0.2, 0.25) is 0 Å². The van der Waals surface area contributed by atoms with Crippen LogP contribution in [0.3, 0.4) is 0 Å². The van der Waals surface area contributed by atoms with Gasteiger partial charge >= 0.3 is 0 Å². The van der Waals surface area contributed by atoms with Crippen molar-refractivity contribution in [2.75, 3.05) is 4.72 Å². The summed E-state index contributed by atoms with van der Waals surface area (Å²) in [4.78, 5) is 3.76. The molecule has 0 amide bonds. The molecular formula is C11H7BrClFN2O2S. The van der Waals surface area contributed by atoms with Gasteiger partial charge in [0.1, 0.15) is 10.7 Å². The Bertz CT molecular complexity index is 724. The van der Waals surface area contributed by atoms with Crippen LogP contribution in [-0.2, 0) is 10.0 Å². The maximum Gasteiger partial charge on any atom is 0.263 e. The lowest BCUT2D eigenvalue weighted by Gasteiger charge is -2.08. The molecule has 8 heteroatoms. The Kier molecular flexibility index (Phi) is 4.07. The Hall–Kier alpha value is -1.18. The van der Waals surface area contributed by atoms with Crippen molar-refractivity contribution in [3.8, 4) is 0 Å². The van der Waals surface area contributed by atoms with Crippen molar-refractivity contribution in [3.63, 3.8) is 0 Å². The summed E-state index contributed by atoms with van der Waals surface area (Å²) in [5, 5.41) is -0.160. The van der Waals surface area contributed by atoms with Gasteiger partial charge in [-0.3, -0.25) is 9.71 Å². The number of nitrogens with zero attached hydrogens (tertiary/aromatic N) is 1. The van der Waals surface area contributed by atoms with Crippen molar-refractivity contribution in [1.29, 1.82) is 0 Å². The molecule has 0 saturated heterocycles. The third kappa shape index (κ3) is 3.43. The number of anilines is 1. The van der Waals surface area contributed by atoms with Crippen LogP contribution >= 0.6 is 27.5 Å². The Balaban J connectivity index is 2.33. The van der Waals surface area contributed by atoms with E-state index >= 15 is 0 Å². The molecule has 0 atom stereocenters. The van der Waals surface area contributed by atoms with E-state index in [2.05, 4.69) is 25.6 Å². The molecule has 1 aromatic heterocycles. The smallest absolute Gasteiger partial charge is 0.263 e. The second-order valence-corrected chi connectivity index (χ2v) is 6.58. The van der Waals surface area contributed by atoms with Crippen molar-refractivity contribution in [2.45, 2.75) is 4.90 Å². The topological polar surface area (TPSA) is 59.1 Å². The van der Waals surface area contributed by atoms with Crippen molar-refractivity contribution in [1.82, 2.24) is 4.98 Å². The zero-order valence-electron chi connectivity index (χ0n) is 9.27. The average molecular weight is 366 g/mol. The van der Waals surface area contributed by atoms with Crippen LogP contribution < -0.4 is 4.72 Å². The SMILES string of the molecule is O=S(=O)(Nc1ccc(F)c(Cl)c1)c1cncc(Br)c1. The van der Waals surface area contributed by atoms with Gasteiger partial charge in [0.05, 0.1) is 10.7 Å². The summed E-state index contributed by atoms with van der Waals surface area (Å²) < 4.78 is 39.9. The van der Waals surface area contributed by atoms with Gasteiger partial charge in [-0.05, 0) is 40.2 Å². The van der Waals surface area contributed by atoms with Gasteiger partial charge in [-0.1, -0.05) is 11.6 Å². The fourth-order valence-electron chi connectivity index (χ4n) is 1.31. The van der Waals surface area contributed by atoms with Crippen molar-refractivity contribution >= 4 is 43.2 Å². The number of hydrogen-bond donors (Lipinski definition) is 1. The summed E-state index contributed by atoms with van der Waals surface area (Å²) in [6.45, 7) is 0. The average Bonchev–Trinajstić information content (AvgIpc) is 2.33. The van der Waals surface area contributed by atoms with Gasteiger partial charge in [0, 0.05) is 16.9 Å². The molecule has 2 aromatic rings. The summed E-state index contributed by atoms with van der Waals surface area (Å²) >= 11 is 8.72. The summed E-state index contributed by atoms with van der Waals surface area (Å²) in [6, 6.07) is 4.96. The van der Waals surface area contributed by atoms with Crippen molar-refractivity contribution in [2.24, 2.45) is 0 Å². The van der Waals surface area contributed by atoms with Gasteiger partial charge in [-0.15, -0.1) is 0 Å². The van der Waals surface area contributed by atoms with Crippen molar-refractivity contribution in [3.05, 3.63) is 52.0 Å². The molecule has 0 aliphatic heterocycles. The van der Waals surface area contributed by atoms with Crippen LogP contribution in [0.25, 0.3) is 0 Å². The Labute approximate surface area is 122 Å². The first kappa shape index (κ1) is 14.2. The lowest BCUT2D eigenvalue weighted by molar-refractivity contribution is 0.600. The highest BCUT2D eigenvalue weighted by atomic mass is 79.9. The van der Waals surface area contributed by atoms with Gasteiger partial charge in [-0.2, -0.15) is 0 Å². The van der Waals surface area contributed by atoms with E-state index < -0.39 is 15.8 Å². The first-order chi connectivity index (χ1) is 8.88. The summed E-state index contributed by atoms with van der Waals surface area (Å²) in [5.41, 5.74) is 0.173. The van der Waals surface area contributed by atoms with Crippen LogP contribution in [-0.4, -0.2) is 13.4 Å². The number of nitrogens with one attached hydrogen (secondary N) is 1. The maximum atomic E-state index is 13.0. The maximum absolute atomic E-state index is 13.0. The molecule has 0 unspecified atom stereocenters. The molecular weight excluding hydrogens is 359 g/mol. The molecule has 100 valence electrons. The number of halogens is 3. The van der Waals surface area contributed by atoms with E-state index in [1.54, 1.807) is 0 Å². The fourth-order valence-corrected chi connectivity index (χ4v) is 3.05. The van der Waals surface area contributed by atoms with E-state index in [9.17, 15) is 12.8 Å². The van der Waals surface area contributed by atoms with E-state index in [-0.39, 0.29) is 15.6 Å². The molecule has 1 heterocycles. The minimum Gasteiger partial charge on any atom is -0.280 e. The Morgan fingerprint density at radius 2 is 2.00 bits per heavy atom. The molecule has 2 rings (SSSR count). The molecule has 1 aromatic carbocycles. The van der Waals surface area contributed by atoms with E-state index in [0.29, 0.717) is 4.47 Å². The molecule has 0 spiro atoms. The largest absolute Gasteiger partial charge is 0.280 e. The number of benzene rings is 1. The monoisotopic (exact) mass is 364 g/mol. The zero-order chi connectivity index (χ0) is 14.0. The minimum atomic E-state index is -3.79. The number of pyridine rings is 1. The van der Waals surface area contributed by atoms with Crippen LogP contribution in [0.4, 0.5) is 10.1 Å². The second-order valence-electron chi connectivity index (χ2n) is 3.57.